The Bertz CT molecular complexity index is 768. The van der Waals surface area contributed by atoms with Crippen LogP contribution in [0.2, 0.25) is 5.02 Å². The van der Waals surface area contributed by atoms with E-state index in [9.17, 15) is 9.59 Å². The summed E-state index contributed by atoms with van der Waals surface area (Å²) in [6, 6.07) is 9.62. The van der Waals surface area contributed by atoms with E-state index >= 15 is 0 Å². The number of aryl methyl sites for hydroxylation is 2. The Morgan fingerprint density at radius 2 is 1.69 bits per heavy atom. The minimum absolute atomic E-state index is 0.00720. The van der Waals surface area contributed by atoms with Crippen molar-refractivity contribution in [3.63, 3.8) is 0 Å². The first kappa shape index (κ1) is 19.6. The van der Waals surface area contributed by atoms with Crippen LogP contribution in [0.15, 0.2) is 36.4 Å². The van der Waals surface area contributed by atoms with Gasteiger partial charge in [-0.1, -0.05) is 11.6 Å². The molecule has 0 heterocycles. The first-order valence-corrected chi connectivity index (χ1v) is 8.50. The zero-order chi connectivity index (χ0) is 19.1. The predicted octanol–water partition coefficient (Wildman–Crippen LogP) is 4.29. The molecular formula is C19H21ClN2O4. The van der Waals surface area contributed by atoms with E-state index in [0.717, 1.165) is 11.1 Å². The Hall–Kier alpha value is -2.73. The molecule has 138 valence electrons. The Labute approximate surface area is 157 Å². The summed E-state index contributed by atoms with van der Waals surface area (Å²) in [7, 11) is 0. The minimum Gasteiger partial charge on any atom is -0.473 e. The van der Waals surface area contributed by atoms with Crippen LogP contribution >= 0.6 is 11.6 Å². The molecule has 2 N–H and O–H groups in total. The van der Waals surface area contributed by atoms with Crippen molar-refractivity contribution in [2.45, 2.75) is 20.8 Å². The molecule has 0 aliphatic carbocycles. The maximum atomic E-state index is 11.9. The SMILES string of the molecule is CCOC(=O)c1ccc(NC(=O)NCOc2cc(C)c(Cl)c(C)c2)cc1. The second kappa shape index (κ2) is 9.10. The second-order valence-corrected chi connectivity index (χ2v) is 5.97. The van der Waals surface area contributed by atoms with Gasteiger partial charge in [0.15, 0.2) is 6.73 Å². The van der Waals surface area contributed by atoms with Crippen LogP contribution in [-0.2, 0) is 4.74 Å². The smallest absolute Gasteiger partial charge is 0.338 e. The van der Waals surface area contributed by atoms with Crippen LogP contribution in [0.3, 0.4) is 0 Å². The van der Waals surface area contributed by atoms with Gasteiger partial charge in [-0.25, -0.2) is 9.59 Å². The standard InChI is InChI=1S/C19H21ClN2O4/c1-4-25-18(23)14-5-7-15(8-6-14)22-19(24)21-11-26-16-9-12(2)17(20)13(3)10-16/h5-10H,4,11H2,1-3H3,(H2,21,22,24). The number of benzene rings is 2. The van der Waals surface area contributed by atoms with Crippen LogP contribution in [0, 0.1) is 13.8 Å². The second-order valence-electron chi connectivity index (χ2n) is 5.59. The van der Waals surface area contributed by atoms with Crippen molar-refractivity contribution in [2.75, 3.05) is 18.7 Å². The summed E-state index contributed by atoms with van der Waals surface area (Å²) in [5, 5.41) is 5.95. The topological polar surface area (TPSA) is 76.7 Å². The van der Waals surface area contributed by atoms with Gasteiger partial charge in [0, 0.05) is 10.7 Å². The lowest BCUT2D eigenvalue weighted by Crippen LogP contribution is -2.32. The molecule has 0 aromatic heterocycles. The average Bonchev–Trinajstić information content (AvgIpc) is 2.60. The van der Waals surface area contributed by atoms with Crippen molar-refractivity contribution >= 4 is 29.3 Å². The third kappa shape index (κ3) is 5.39. The number of rotatable bonds is 6. The number of hydrogen-bond acceptors (Lipinski definition) is 4. The molecule has 0 atom stereocenters. The number of carbonyl (C=O) groups excluding carboxylic acids is 2. The maximum Gasteiger partial charge on any atom is 0.338 e. The summed E-state index contributed by atoms with van der Waals surface area (Å²) in [6.45, 7) is 5.85. The molecule has 0 fully saturated rings. The lowest BCUT2D eigenvalue weighted by molar-refractivity contribution is 0.0526. The highest BCUT2D eigenvalue weighted by molar-refractivity contribution is 6.32. The zero-order valence-corrected chi connectivity index (χ0v) is 15.6. The van der Waals surface area contributed by atoms with Crippen molar-refractivity contribution in [2.24, 2.45) is 0 Å². The molecule has 0 bridgehead atoms. The number of hydrogen-bond donors (Lipinski definition) is 2. The lowest BCUT2D eigenvalue weighted by atomic mass is 10.1. The Balaban J connectivity index is 1.83. The van der Waals surface area contributed by atoms with Crippen LogP contribution in [0.5, 0.6) is 5.75 Å². The van der Waals surface area contributed by atoms with Crippen molar-refractivity contribution < 1.29 is 19.1 Å². The van der Waals surface area contributed by atoms with Crippen molar-refractivity contribution in [1.82, 2.24) is 5.32 Å². The first-order chi connectivity index (χ1) is 12.4. The van der Waals surface area contributed by atoms with Crippen molar-refractivity contribution in [3.05, 3.63) is 58.1 Å². The summed E-state index contributed by atoms with van der Waals surface area (Å²) in [5.74, 6) is 0.231. The molecule has 0 aliphatic heterocycles. The molecule has 7 heteroatoms. The largest absolute Gasteiger partial charge is 0.473 e. The first-order valence-electron chi connectivity index (χ1n) is 8.12. The highest BCUT2D eigenvalue weighted by Gasteiger charge is 2.07. The van der Waals surface area contributed by atoms with Gasteiger partial charge in [-0.05, 0) is 68.3 Å². The quantitative estimate of drug-likeness (QED) is 0.582. The number of ether oxygens (including phenoxy) is 2. The molecule has 0 spiro atoms. The van der Waals surface area contributed by atoms with Gasteiger partial charge in [0.25, 0.3) is 0 Å². The molecule has 0 aliphatic rings. The van der Waals surface area contributed by atoms with Gasteiger partial charge in [-0.3, -0.25) is 0 Å². The summed E-state index contributed by atoms with van der Waals surface area (Å²) in [4.78, 5) is 23.5. The van der Waals surface area contributed by atoms with E-state index < -0.39 is 12.0 Å². The summed E-state index contributed by atoms with van der Waals surface area (Å²) in [6.07, 6.45) is 0. The molecule has 2 aromatic rings. The molecule has 6 nitrogen and oxygen atoms in total. The maximum absolute atomic E-state index is 11.9. The summed E-state index contributed by atoms with van der Waals surface area (Å²) >= 11 is 6.11. The van der Waals surface area contributed by atoms with Crippen LogP contribution in [0.25, 0.3) is 0 Å². The number of anilines is 1. The van der Waals surface area contributed by atoms with Gasteiger partial charge >= 0.3 is 12.0 Å². The molecule has 2 rings (SSSR count). The molecule has 0 unspecified atom stereocenters. The van der Waals surface area contributed by atoms with Crippen LogP contribution in [0.4, 0.5) is 10.5 Å². The third-order valence-electron chi connectivity index (χ3n) is 3.54. The minimum atomic E-state index is -0.420. The van der Waals surface area contributed by atoms with E-state index in [4.69, 9.17) is 21.1 Å². The number of urea groups is 1. The molecule has 2 aromatic carbocycles. The fourth-order valence-electron chi connectivity index (χ4n) is 2.25. The van der Waals surface area contributed by atoms with E-state index in [1.54, 1.807) is 31.2 Å². The Kier molecular flexibility index (Phi) is 6.86. The van der Waals surface area contributed by atoms with Gasteiger partial charge in [0.05, 0.1) is 12.2 Å². The van der Waals surface area contributed by atoms with E-state index in [0.29, 0.717) is 28.6 Å². The molecule has 0 saturated carbocycles. The fraction of sp³-hybridized carbons (Fsp3) is 0.263. The van der Waals surface area contributed by atoms with E-state index in [-0.39, 0.29) is 6.73 Å². The fourth-order valence-corrected chi connectivity index (χ4v) is 2.36. The van der Waals surface area contributed by atoms with Crippen LogP contribution in [-0.4, -0.2) is 25.3 Å². The Morgan fingerprint density at radius 3 is 2.27 bits per heavy atom. The molecule has 0 saturated heterocycles. The van der Waals surface area contributed by atoms with Gasteiger partial charge in [0.2, 0.25) is 0 Å². The van der Waals surface area contributed by atoms with Gasteiger partial charge < -0.3 is 20.1 Å². The van der Waals surface area contributed by atoms with Gasteiger partial charge in [0.1, 0.15) is 5.75 Å². The molecular weight excluding hydrogens is 356 g/mol. The third-order valence-corrected chi connectivity index (χ3v) is 4.13. The van der Waals surface area contributed by atoms with Gasteiger partial charge in [-0.2, -0.15) is 0 Å². The normalized spacial score (nSPS) is 10.2. The van der Waals surface area contributed by atoms with Gasteiger partial charge in [-0.15, -0.1) is 0 Å². The number of halogens is 1. The van der Waals surface area contributed by atoms with E-state index in [1.807, 2.05) is 26.0 Å². The number of nitrogens with one attached hydrogen (secondary N) is 2. The van der Waals surface area contributed by atoms with E-state index in [1.165, 1.54) is 0 Å². The van der Waals surface area contributed by atoms with Crippen LogP contribution in [0.1, 0.15) is 28.4 Å². The molecule has 2 amide bonds. The average molecular weight is 377 g/mol. The summed E-state index contributed by atoms with van der Waals surface area (Å²) in [5.41, 5.74) is 2.80. The Morgan fingerprint density at radius 1 is 1.08 bits per heavy atom. The highest BCUT2D eigenvalue weighted by Crippen LogP contribution is 2.25. The lowest BCUT2D eigenvalue weighted by Gasteiger charge is -2.11. The zero-order valence-electron chi connectivity index (χ0n) is 14.9. The summed E-state index contributed by atoms with van der Waals surface area (Å²) < 4.78 is 10.4. The highest BCUT2D eigenvalue weighted by atomic mass is 35.5. The monoisotopic (exact) mass is 376 g/mol. The van der Waals surface area contributed by atoms with Crippen LogP contribution < -0.4 is 15.4 Å². The predicted molar refractivity (Wildman–Crippen MR) is 101 cm³/mol. The van der Waals surface area contributed by atoms with E-state index in [2.05, 4.69) is 10.6 Å². The molecule has 26 heavy (non-hydrogen) atoms. The van der Waals surface area contributed by atoms with Crippen molar-refractivity contribution in [1.29, 1.82) is 0 Å². The number of esters is 1. The number of carbonyl (C=O) groups is 2. The number of amides is 2. The van der Waals surface area contributed by atoms with Crippen molar-refractivity contribution in [3.8, 4) is 5.75 Å². The molecule has 0 radical (unpaired) electrons.